The molecule has 3 rings (SSSR count). The number of nitrogens with zero attached hydrogens (tertiary/aromatic N) is 1. The minimum Gasteiger partial charge on any atom is -0.325 e. The molecule has 1 saturated heterocycles. The van der Waals surface area contributed by atoms with Gasteiger partial charge in [0.15, 0.2) is 0 Å². The van der Waals surface area contributed by atoms with Crippen molar-refractivity contribution >= 4 is 21.7 Å². The monoisotopic (exact) mass is 365 g/mol. The van der Waals surface area contributed by atoms with Crippen molar-refractivity contribution in [1.82, 2.24) is 9.62 Å². The largest absolute Gasteiger partial charge is 0.325 e. The van der Waals surface area contributed by atoms with E-state index in [-0.39, 0.29) is 17.0 Å². The summed E-state index contributed by atoms with van der Waals surface area (Å²) >= 11 is 0. The first kappa shape index (κ1) is 18.2. The van der Waals surface area contributed by atoms with Gasteiger partial charge in [-0.1, -0.05) is 25.7 Å². The first-order valence-electron chi connectivity index (χ1n) is 9.23. The van der Waals surface area contributed by atoms with Crippen LogP contribution in [0.15, 0.2) is 29.2 Å². The molecule has 0 atom stereocenters. The Hall–Kier alpha value is -1.60. The van der Waals surface area contributed by atoms with Gasteiger partial charge in [0.2, 0.25) is 10.0 Å². The predicted octanol–water partition coefficient (Wildman–Crippen LogP) is 3.32. The minimum absolute atomic E-state index is 0.0297. The zero-order valence-corrected chi connectivity index (χ0v) is 15.4. The van der Waals surface area contributed by atoms with Crippen LogP contribution in [-0.2, 0) is 10.0 Å². The maximum Gasteiger partial charge on any atom is 0.321 e. The lowest BCUT2D eigenvalue weighted by atomic mass is 10.1. The first-order chi connectivity index (χ1) is 12.0. The van der Waals surface area contributed by atoms with Crippen molar-refractivity contribution in [1.29, 1.82) is 0 Å². The Labute approximate surface area is 150 Å². The Morgan fingerprint density at radius 1 is 0.920 bits per heavy atom. The highest BCUT2D eigenvalue weighted by atomic mass is 32.2. The van der Waals surface area contributed by atoms with Gasteiger partial charge in [-0.25, -0.2) is 17.9 Å². The van der Waals surface area contributed by atoms with Crippen LogP contribution in [0.25, 0.3) is 0 Å². The summed E-state index contributed by atoms with van der Waals surface area (Å²) in [4.78, 5) is 14.1. The lowest BCUT2D eigenvalue weighted by Crippen LogP contribution is -2.34. The molecule has 0 bridgehead atoms. The SMILES string of the molecule is O=C(Nc1ccc(S(=O)(=O)NC2CCCCCC2)cc1)N1CCCC1. The van der Waals surface area contributed by atoms with Crippen molar-refractivity contribution in [3.05, 3.63) is 24.3 Å². The van der Waals surface area contributed by atoms with Crippen LogP contribution in [0.4, 0.5) is 10.5 Å². The molecule has 1 heterocycles. The summed E-state index contributed by atoms with van der Waals surface area (Å²) in [6.45, 7) is 1.56. The standard InChI is InChI=1S/C18H27N3O3S/c22-18(21-13-5-6-14-21)19-15-9-11-17(12-10-15)25(23,24)20-16-7-3-1-2-4-8-16/h9-12,16,20H,1-8,13-14H2,(H,19,22). The molecule has 7 heteroatoms. The molecule has 0 spiro atoms. The molecular weight excluding hydrogens is 338 g/mol. The molecule has 1 aliphatic heterocycles. The van der Waals surface area contributed by atoms with Crippen LogP contribution in [0.2, 0.25) is 0 Å². The second kappa shape index (κ2) is 8.19. The number of nitrogens with one attached hydrogen (secondary N) is 2. The zero-order valence-electron chi connectivity index (χ0n) is 14.5. The molecule has 2 fully saturated rings. The van der Waals surface area contributed by atoms with Crippen molar-refractivity contribution in [2.75, 3.05) is 18.4 Å². The summed E-state index contributed by atoms with van der Waals surface area (Å²) in [6.07, 6.45) is 8.41. The number of rotatable bonds is 4. The van der Waals surface area contributed by atoms with E-state index in [1.807, 2.05) is 0 Å². The summed E-state index contributed by atoms with van der Waals surface area (Å²) in [7, 11) is -3.51. The molecule has 2 aliphatic rings. The molecule has 2 amide bonds. The quantitative estimate of drug-likeness (QED) is 0.804. The Balaban J connectivity index is 1.61. The molecule has 0 unspecified atom stereocenters. The number of likely N-dealkylation sites (tertiary alicyclic amines) is 1. The van der Waals surface area contributed by atoms with Crippen molar-refractivity contribution in [2.24, 2.45) is 0 Å². The van der Waals surface area contributed by atoms with Crippen molar-refractivity contribution in [2.45, 2.75) is 62.3 Å². The number of carbonyl (C=O) groups excluding carboxylic acids is 1. The molecule has 1 saturated carbocycles. The lowest BCUT2D eigenvalue weighted by molar-refractivity contribution is 0.222. The molecule has 1 aromatic carbocycles. The van der Waals surface area contributed by atoms with E-state index in [0.717, 1.165) is 51.6 Å². The fourth-order valence-corrected chi connectivity index (χ4v) is 4.83. The molecule has 0 aromatic heterocycles. The third kappa shape index (κ3) is 4.95. The number of hydrogen-bond donors (Lipinski definition) is 2. The Morgan fingerprint density at radius 2 is 1.52 bits per heavy atom. The number of amides is 2. The number of urea groups is 1. The van der Waals surface area contributed by atoms with E-state index in [1.165, 1.54) is 12.8 Å². The Morgan fingerprint density at radius 3 is 2.12 bits per heavy atom. The fraction of sp³-hybridized carbons (Fsp3) is 0.611. The number of anilines is 1. The van der Waals surface area contributed by atoms with Crippen molar-refractivity contribution in [3.63, 3.8) is 0 Å². The number of carbonyl (C=O) groups is 1. The molecule has 138 valence electrons. The molecule has 25 heavy (non-hydrogen) atoms. The van der Waals surface area contributed by atoms with Crippen LogP contribution < -0.4 is 10.0 Å². The summed E-state index contributed by atoms with van der Waals surface area (Å²) in [6, 6.07) is 6.31. The normalized spacial score (nSPS) is 19.6. The number of sulfonamides is 1. The highest BCUT2D eigenvalue weighted by molar-refractivity contribution is 7.89. The zero-order chi connectivity index (χ0) is 17.7. The maximum absolute atomic E-state index is 12.5. The highest BCUT2D eigenvalue weighted by Gasteiger charge is 2.22. The summed E-state index contributed by atoms with van der Waals surface area (Å²) in [5.74, 6) is 0. The molecule has 6 nitrogen and oxygen atoms in total. The second-order valence-corrected chi connectivity index (χ2v) is 8.67. The predicted molar refractivity (Wildman–Crippen MR) is 98.1 cm³/mol. The van der Waals surface area contributed by atoms with E-state index in [4.69, 9.17) is 0 Å². The maximum atomic E-state index is 12.5. The molecule has 0 radical (unpaired) electrons. The summed E-state index contributed by atoms with van der Waals surface area (Å²) < 4.78 is 27.9. The molecule has 1 aromatic rings. The van der Waals surface area contributed by atoms with Gasteiger partial charge in [-0.05, 0) is 49.9 Å². The van der Waals surface area contributed by atoms with Gasteiger partial charge in [0.05, 0.1) is 4.90 Å². The number of hydrogen-bond acceptors (Lipinski definition) is 3. The van der Waals surface area contributed by atoms with Gasteiger partial charge in [-0.15, -0.1) is 0 Å². The van der Waals surface area contributed by atoms with Gasteiger partial charge in [0.25, 0.3) is 0 Å². The van der Waals surface area contributed by atoms with Gasteiger partial charge >= 0.3 is 6.03 Å². The van der Waals surface area contributed by atoms with Crippen LogP contribution in [0, 0.1) is 0 Å². The minimum atomic E-state index is -3.51. The Kier molecular flexibility index (Phi) is 5.96. The van der Waals surface area contributed by atoms with Crippen molar-refractivity contribution in [3.8, 4) is 0 Å². The van der Waals surface area contributed by atoms with Crippen LogP contribution in [-0.4, -0.2) is 38.5 Å². The topological polar surface area (TPSA) is 78.5 Å². The van der Waals surface area contributed by atoms with E-state index in [0.29, 0.717) is 5.69 Å². The Bertz CT molecular complexity index is 674. The van der Waals surface area contributed by atoms with Gasteiger partial charge in [0.1, 0.15) is 0 Å². The van der Waals surface area contributed by atoms with E-state index in [2.05, 4.69) is 10.0 Å². The molecular formula is C18H27N3O3S. The summed E-state index contributed by atoms with van der Waals surface area (Å²) in [5.41, 5.74) is 0.616. The smallest absolute Gasteiger partial charge is 0.321 e. The van der Waals surface area contributed by atoms with Crippen LogP contribution in [0.1, 0.15) is 51.4 Å². The first-order valence-corrected chi connectivity index (χ1v) is 10.7. The third-order valence-electron chi connectivity index (χ3n) is 4.99. The average molecular weight is 365 g/mol. The molecule has 1 aliphatic carbocycles. The third-order valence-corrected chi connectivity index (χ3v) is 6.52. The van der Waals surface area contributed by atoms with Crippen LogP contribution in [0.5, 0.6) is 0 Å². The fourth-order valence-electron chi connectivity index (χ4n) is 3.52. The molecule has 2 N–H and O–H groups in total. The van der Waals surface area contributed by atoms with Gasteiger partial charge in [0, 0.05) is 24.8 Å². The highest BCUT2D eigenvalue weighted by Crippen LogP contribution is 2.21. The van der Waals surface area contributed by atoms with E-state index < -0.39 is 10.0 Å². The van der Waals surface area contributed by atoms with Gasteiger partial charge < -0.3 is 10.2 Å². The lowest BCUT2D eigenvalue weighted by Gasteiger charge is -2.17. The second-order valence-electron chi connectivity index (χ2n) is 6.96. The average Bonchev–Trinajstić information content (AvgIpc) is 3.02. The van der Waals surface area contributed by atoms with E-state index in [9.17, 15) is 13.2 Å². The van der Waals surface area contributed by atoms with Gasteiger partial charge in [-0.2, -0.15) is 0 Å². The van der Waals surface area contributed by atoms with E-state index in [1.54, 1.807) is 29.2 Å². The van der Waals surface area contributed by atoms with E-state index >= 15 is 0 Å². The van der Waals surface area contributed by atoms with Crippen LogP contribution in [0.3, 0.4) is 0 Å². The van der Waals surface area contributed by atoms with Crippen LogP contribution >= 0.6 is 0 Å². The van der Waals surface area contributed by atoms with Gasteiger partial charge in [-0.3, -0.25) is 0 Å². The summed E-state index contributed by atoms with van der Waals surface area (Å²) in [5, 5.41) is 2.82. The van der Waals surface area contributed by atoms with Crippen molar-refractivity contribution < 1.29 is 13.2 Å². The number of benzene rings is 1.